The first kappa shape index (κ1) is 32.5. The largest absolute Gasteiger partial charge is 0.466 e. The van der Waals surface area contributed by atoms with Gasteiger partial charge in [0.05, 0.1) is 31.0 Å². The molecule has 14 nitrogen and oxygen atoms in total. The van der Waals surface area contributed by atoms with Gasteiger partial charge in [0.1, 0.15) is 0 Å². The van der Waals surface area contributed by atoms with E-state index in [1.165, 1.54) is 18.3 Å². The molecule has 2 aliphatic heterocycles. The van der Waals surface area contributed by atoms with E-state index in [0.717, 1.165) is 52.4 Å². The van der Waals surface area contributed by atoms with E-state index >= 15 is 0 Å². The number of piperazine rings is 2. The van der Waals surface area contributed by atoms with Crippen molar-refractivity contribution in [2.75, 3.05) is 89.5 Å². The number of hydrogen-bond donors (Lipinski definition) is 2. The number of nitrogens with one attached hydrogen (secondary N) is 2. The average Bonchev–Trinajstić information content (AvgIpc) is 2.98. The molecule has 2 fully saturated rings. The van der Waals surface area contributed by atoms with Gasteiger partial charge in [0.2, 0.25) is 0 Å². The highest BCUT2D eigenvalue weighted by molar-refractivity contribution is 5.86. The van der Waals surface area contributed by atoms with Gasteiger partial charge < -0.3 is 39.0 Å². The minimum atomic E-state index is -0.424. The first-order valence-corrected chi connectivity index (χ1v) is 14.3. The second-order valence-corrected chi connectivity index (χ2v) is 9.99. The van der Waals surface area contributed by atoms with Crippen LogP contribution in [0.2, 0.25) is 0 Å². The Morgan fingerprint density at radius 2 is 1.33 bits per heavy atom. The average molecular weight is 587 g/mol. The van der Waals surface area contributed by atoms with E-state index in [4.69, 9.17) is 9.47 Å². The molecule has 42 heavy (non-hydrogen) atoms. The van der Waals surface area contributed by atoms with Gasteiger partial charge in [-0.25, -0.2) is 14.8 Å². The van der Waals surface area contributed by atoms with Crippen molar-refractivity contribution in [1.82, 2.24) is 29.7 Å². The van der Waals surface area contributed by atoms with Crippen LogP contribution < -0.4 is 20.9 Å². The molecule has 0 amide bonds. The van der Waals surface area contributed by atoms with Crippen LogP contribution in [0.4, 0.5) is 11.6 Å². The summed E-state index contributed by atoms with van der Waals surface area (Å²) in [5.41, 5.74) is 0.834. The summed E-state index contributed by atoms with van der Waals surface area (Å²) in [6.45, 7) is 10.9. The molecule has 0 saturated carbocycles. The van der Waals surface area contributed by atoms with Crippen LogP contribution in [0.3, 0.4) is 0 Å². The maximum Gasteiger partial charge on any atom is 0.330 e. The predicted octanol–water partition coefficient (Wildman–Crippen LogP) is 0.115. The summed E-state index contributed by atoms with van der Waals surface area (Å²) in [6, 6.07) is 0. The zero-order chi connectivity index (χ0) is 30.5. The third-order valence-electron chi connectivity index (χ3n) is 6.78. The highest BCUT2D eigenvalue weighted by Gasteiger charge is 2.19. The molecular formula is C28H42N8O6. The Morgan fingerprint density at radius 1 is 0.810 bits per heavy atom. The van der Waals surface area contributed by atoms with Gasteiger partial charge in [-0.15, -0.1) is 0 Å². The van der Waals surface area contributed by atoms with Gasteiger partial charge in [0.15, 0.2) is 11.6 Å². The van der Waals surface area contributed by atoms with Gasteiger partial charge in [0.25, 0.3) is 11.1 Å². The number of hydrogen-bond acceptors (Lipinski definition) is 12. The molecular weight excluding hydrogens is 544 g/mol. The van der Waals surface area contributed by atoms with Gasteiger partial charge in [-0.3, -0.25) is 14.4 Å². The topological polar surface area (TPSA) is 157 Å². The molecule has 2 aliphatic rings. The molecule has 0 atom stereocenters. The molecule has 2 saturated heterocycles. The van der Waals surface area contributed by atoms with Crippen molar-refractivity contribution in [2.24, 2.45) is 0 Å². The highest BCUT2D eigenvalue weighted by Crippen LogP contribution is 2.11. The number of H-pyrrole nitrogens is 2. The Hall–Kier alpha value is -4.04. The van der Waals surface area contributed by atoms with E-state index in [2.05, 4.69) is 36.8 Å². The number of ether oxygens (including phenoxy) is 2. The van der Waals surface area contributed by atoms with Gasteiger partial charge in [0, 0.05) is 77.2 Å². The van der Waals surface area contributed by atoms with E-state index in [-0.39, 0.29) is 23.5 Å². The highest BCUT2D eigenvalue weighted by atomic mass is 16.5. The SMILES string of the molecule is CCOC(=O)/C=C/c1c[nH]c(=O)c(N2CCN(C)CC2)n1.CCOC(=O)CCc1c[nH]c(=O)c(N2CCN(C)CC2)n1. The fourth-order valence-corrected chi connectivity index (χ4v) is 4.33. The third-order valence-corrected chi connectivity index (χ3v) is 6.78. The van der Waals surface area contributed by atoms with Crippen LogP contribution in [0.5, 0.6) is 0 Å². The predicted molar refractivity (Wildman–Crippen MR) is 160 cm³/mol. The molecule has 0 spiro atoms. The Bertz CT molecular complexity index is 1310. The third kappa shape index (κ3) is 10.1. The lowest BCUT2D eigenvalue weighted by molar-refractivity contribution is -0.143. The molecule has 0 bridgehead atoms. The van der Waals surface area contributed by atoms with Gasteiger partial charge in [-0.2, -0.15) is 0 Å². The number of likely N-dealkylation sites (N-methyl/N-ethyl adjacent to an activating group) is 2. The zero-order valence-corrected chi connectivity index (χ0v) is 24.9. The van der Waals surface area contributed by atoms with Gasteiger partial charge in [-0.05, 0) is 34.0 Å². The second-order valence-electron chi connectivity index (χ2n) is 9.99. The fraction of sp³-hybridized carbons (Fsp3) is 0.571. The number of nitrogens with zero attached hydrogens (tertiary/aromatic N) is 6. The summed E-state index contributed by atoms with van der Waals surface area (Å²) in [5, 5.41) is 0. The number of carbonyl (C=O) groups is 2. The van der Waals surface area contributed by atoms with Crippen LogP contribution in [0.1, 0.15) is 31.7 Å². The molecule has 0 aromatic carbocycles. The first-order valence-electron chi connectivity index (χ1n) is 14.3. The Balaban J connectivity index is 0.000000230. The van der Waals surface area contributed by atoms with Gasteiger partial charge in [-0.1, -0.05) is 0 Å². The lowest BCUT2D eigenvalue weighted by Crippen LogP contribution is -2.46. The Labute approximate surface area is 245 Å². The van der Waals surface area contributed by atoms with Crippen LogP contribution in [-0.2, 0) is 25.5 Å². The number of aromatic nitrogens is 4. The smallest absolute Gasteiger partial charge is 0.330 e. The Kier molecular flexibility index (Phi) is 12.7. The van der Waals surface area contributed by atoms with Crippen molar-refractivity contribution in [3.63, 3.8) is 0 Å². The quantitative estimate of drug-likeness (QED) is 0.303. The Morgan fingerprint density at radius 3 is 1.88 bits per heavy atom. The van der Waals surface area contributed by atoms with Crippen molar-refractivity contribution >= 4 is 29.7 Å². The number of rotatable bonds is 9. The van der Waals surface area contributed by atoms with E-state index in [9.17, 15) is 19.2 Å². The van der Waals surface area contributed by atoms with Crippen LogP contribution in [0.25, 0.3) is 6.08 Å². The minimum Gasteiger partial charge on any atom is -0.466 e. The number of carbonyl (C=O) groups excluding carboxylic acids is 2. The summed E-state index contributed by atoms with van der Waals surface area (Å²) >= 11 is 0. The van der Waals surface area contributed by atoms with Crippen molar-refractivity contribution in [1.29, 1.82) is 0 Å². The number of anilines is 2. The van der Waals surface area contributed by atoms with Crippen LogP contribution in [0, 0.1) is 0 Å². The lowest BCUT2D eigenvalue weighted by Gasteiger charge is -2.32. The zero-order valence-electron chi connectivity index (χ0n) is 24.9. The van der Waals surface area contributed by atoms with Crippen LogP contribution in [-0.4, -0.2) is 121 Å². The molecule has 0 radical (unpaired) electrons. The fourth-order valence-electron chi connectivity index (χ4n) is 4.33. The summed E-state index contributed by atoms with van der Waals surface area (Å²) in [6.07, 6.45) is 6.63. The number of esters is 2. The molecule has 2 aromatic rings. The monoisotopic (exact) mass is 586 g/mol. The summed E-state index contributed by atoms with van der Waals surface area (Å²) in [4.78, 5) is 68.9. The molecule has 2 N–H and O–H groups in total. The lowest BCUT2D eigenvalue weighted by atomic mass is 10.2. The maximum atomic E-state index is 11.9. The molecule has 0 aliphatic carbocycles. The van der Waals surface area contributed by atoms with Crippen LogP contribution in [0.15, 0.2) is 28.1 Å². The molecule has 230 valence electrons. The standard InChI is InChI=1S/C14H22N4O3.C14H20N4O3/c2*1-3-21-12(19)5-4-11-10-15-14(20)13(16-11)18-8-6-17(2)7-9-18/h10H,3-9H2,1-2H3,(H,15,20);4-5,10H,3,6-9H2,1-2H3,(H,15,20)/b;5-4+. The molecule has 4 rings (SSSR count). The van der Waals surface area contributed by atoms with E-state index < -0.39 is 5.97 Å². The van der Waals surface area contributed by atoms with Crippen LogP contribution >= 0.6 is 0 Å². The summed E-state index contributed by atoms with van der Waals surface area (Å²) in [7, 11) is 4.11. The molecule has 2 aromatic heterocycles. The molecule has 0 unspecified atom stereocenters. The summed E-state index contributed by atoms with van der Waals surface area (Å²) < 4.78 is 9.70. The van der Waals surface area contributed by atoms with Crippen molar-refractivity contribution < 1.29 is 19.1 Å². The van der Waals surface area contributed by atoms with Crippen molar-refractivity contribution in [3.8, 4) is 0 Å². The van der Waals surface area contributed by atoms with Crippen molar-refractivity contribution in [3.05, 3.63) is 50.6 Å². The summed E-state index contributed by atoms with van der Waals surface area (Å²) in [5.74, 6) is 0.178. The van der Waals surface area contributed by atoms with E-state index in [0.29, 0.717) is 42.7 Å². The van der Waals surface area contributed by atoms with Crippen molar-refractivity contribution in [2.45, 2.75) is 26.7 Å². The van der Waals surface area contributed by atoms with E-state index in [1.807, 2.05) is 16.8 Å². The molecule has 4 heterocycles. The maximum absolute atomic E-state index is 11.9. The number of aryl methyl sites for hydroxylation is 1. The molecule has 14 heteroatoms. The van der Waals surface area contributed by atoms with Gasteiger partial charge >= 0.3 is 11.9 Å². The second kappa shape index (κ2) is 16.4. The first-order chi connectivity index (χ1) is 20.2. The van der Waals surface area contributed by atoms with E-state index in [1.54, 1.807) is 20.0 Å². The minimum absolute atomic E-state index is 0.181. The normalized spacial score (nSPS) is 16.2. The number of aromatic amines is 2.